The van der Waals surface area contributed by atoms with E-state index in [2.05, 4.69) is 16.2 Å². The topological polar surface area (TPSA) is 96.3 Å². The molecule has 1 aromatic rings. The summed E-state index contributed by atoms with van der Waals surface area (Å²) in [5.41, 5.74) is 6.90. The number of amides is 1. The van der Waals surface area contributed by atoms with E-state index in [9.17, 15) is 14.9 Å². The molecule has 0 saturated carbocycles. The van der Waals surface area contributed by atoms with E-state index in [1.54, 1.807) is 19.1 Å². The minimum Gasteiger partial charge on any atom is -0.339 e. The normalized spacial score (nSPS) is 22.2. The van der Waals surface area contributed by atoms with Gasteiger partial charge in [-0.15, -0.1) is 0 Å². The predicted octanol–water partition coefficient (Wildman–Crippen LogP) is 0.986. The van der Waals surface area contributed by atoms with Crippen LogP contribution < -0.4 is 16.2 Å². The Labute approximate surface area is 110 Å². The molecule has 102 valence electrons. The Kier molecular flexibility index (Phi) is 4.08. The minimum atomic E-state index is -0.414. The van der Waals surface area contributed by atoms with E-state index in [0.717, 1.165) is 5.56 Å². The van der Waals surface area contributed by atoms with Crippen molar-refractivity contribution in [2.45, 2.75) is 32.0 Å². The number of hydrazine groups is 1. The lowest BCUT2D eigenvalue weighted by atomic mass is 10.0. The molecule has 19 heavy (non-hydrogen) atoms. The second-order valence-electron chi connectivity index (χ2n) is 4.40. The third-order valence-electron chi connectivity index (χ3n) is 3.04. The fourth-order valence-corrected chi connectivity index (χ4v) is 2.02. The van der Waals surface area contributed by atoms with Crippen LogP contribution in [0.5, 0.6) is 0 Å². The van der Waals surface area contributed by atoms with E-state index in [1.165, 1.54) is 6.07 Å². The zero-order valence-corrected chi connectivity index (χ0v) is 10.6. The Morgan fingerprint density at radius 1 is 1.53 bits per heavy atom. The van der Waals surface area contributed by atoms with Crippen LogP contribution in [-0.2, 0) is 4.79 Å². The van der Waals surface area contributed by atoms with Crippen molar-refractivity contribution >= 4 is 11.6 Å². The summed E-state index contributed by atoms with van der Waals surface area (Å²) in [5.74, 6) is -0.0287. The molecule has 2 atom stereocenters. The maximum Gasteiger partial charge on any atom is 0.269 e. The van der Waals surface area contributed by atoms with Crippen LogP contribution in [0, 0.1) is 10.1 Å². The molecule has 7 nitrogen and oxygen atoms in total. The average molecular weight is 264 g/mol. The highest BCUT2D eigenvalue weighted by Crippen LogP contribution is 2.24. The van der Waals surface area contributed by atoms with Crippen LogP contribution in [0.2, 0.25) is 0 Å². The molecule has 1 amide bonds. The van der Waals surface area contributed by atoms with E-state index in [0.29, 0.717) is 12.8 Å². The minimum absolute atomic E-state index is 0.0287. The molecule has 0 radical (unpaired) electrons. The molecule has 1 heterocycles. The van der Waals surface area contributed by atoms with E-state index < -0.39 is 4.92 Å². The van der Waals surface area contributed by atoms with Crippen LogP contribution in [0.15, 0.2) is 24.3 Å². The van der Waals surface area contributed by atoms with Gasteiger partial charge in [-0.05, 0) is 5.56 Å². The van der Waals surface area contributed by atoms with Crippen molar-refractivity contribution in [1.82, 2.24) is 16.2 Å². The molecule has 1 aromatic carbocycles. The number of nitro benzene ring substituents is 1. The van der Waals surface area contributed by atoms with Crippen molar-refractivity contribution < 1.29 is 9.72 Å². The Morgan fingerprint density at radius 2 is 2.32 bits per heavy atom. The molecule has 2 unspecified atom stereocenters. The molecule has 1 aliphatic heterocycles. The van der Waals surface area contributed by atoms with Gasteiger partial charge in [0.25, 0.3) is 5.69 Å². The lowest BCUT2D eigenvalue weighted by Gasteiger charge is -2.11. The van der Waals surface area contributed by atoms with E-state index in [4.69, 9.17) is 0 Å². The molecule has 2 rings (SSSR count). The quantitative estimate of drug-likeness (QED) is 0.556. The van der Waals surface area contributed by atoms with Crippen LogP contribution in [0.1, 0.15) is 31.4 Å². The monoisotopic (exact) mass is 264 g/mol. The number of carbonyl (C=O) groups is 1. The summed E-state index contributed by atoms with van der Waals surface area (Å²) < 4.78 is 0. The third-order valence-corrected chi connectivity index (χ3v) is 3.04. The Hall–Kier alpha value is -1.99. The Bertz CT molecular complexity index is 492. The molecule has 0 aliphatic carbocycles. The van der Waals surface area contributed by atoms with Gasteiger partial charge in [0.15, 0.2) is 0 Å². The number of nitrogens with one attached hydrogen (secondary N) is 3. The van der Waals surface area contributed by atoms with Crippen LogP contribution in [0.3, 0.4) is 0 Å². The zero-order chi connectivity index (χ0) is 13.8. The first kappa shape index (κ1) is 13.4. The number of nitro groups is 1. The van der Waals surface area contributed by atoms with Gasteiger partial charge >= 0.3 is 0 Å². The van der Waals surface area contributed by atoms with Gasteiger partial charge in [0.2, 0.25) is 5.91 Å². The molecule has 7 heteroatoms. The predicted molar refractivity (Wildman–Crippen MR) is 68.9 cm³/mol. The lowest BCUT2D eigenvalue weighted by Crippen LogP contribution is -2.43. The fourth-order valence-electron chi connectivity index (χ4n) is 2.02. The van der Waals surface area contributed by atoms with E-state index >= 15 is 0 Å². The summed E-state index contributed by atoms with van der Waals surface area (Å²) in [6.45, 7) is 1.79. The SMILES string of the molecule is CCC(=O)NC1CC(c2cccc([N+](=O)[O-])c2)NN1. The van der Waals surface area contributed by atoms with E-state index in [1.807, 2.05) is 6.07 Å². The molecule has 1 aliphatic rings. The Morgan fingerprint density at radius 3 is 3.00 bits per heavy atom. The van der Waals surface area contributed by atoms with Gasteiger partial charge in [-0.2, -0.15) is 0 Å². The number of hydrogen-bond acceptors (Lipinski definition) is 5. The fraction of sp³-hybridized carbons (Fsp3) is 0.417. The van der Waals surface area contributed by atoms with Gasteiger partial charge in [-0.3, -0.25) is 14.9 Å². The van der Waals surface area contributed by atoms with Crippen molar-refractivity contribution in [1.29, 1.82) is 0 Å². The molecule has 0 spiro atoms. The van der Waals surface area contributed by atoms with E-state index in [-0.39, 0.29) is 23.8 Å². The van der Waals surface area contributed by atoms with Gasteiger partial charge in [0, 0.05) is 31.0 Å². The van der Waals surface area contributed by atoms with Crippen LogP contribution >= 0.6 is 0 Å². The van der Waals surface area contributed by atoms with Gasteiger partial charge in [-0.1, -0.05) is 19.1 Å². The number of non-ortho nitro benzene ring substituents is 1. The summed E-state index contributed by atoms with van der Waals surface area (Å²) >= 11 is 0. The first-order valence-corrected chi connectivity index (χ1v) is 6.15. The highest BCUT2D eigenvalue weighted by atomic mass is 16.6. The standard InChI is InChI=1S/C12H16N4O3/c1-2-12(17)13-11-7-10(14-15-11)8-4-3-5-9(6-8)16(18)19/h3-6,10-11,14-15H,2,7H2,1H3,(H,13,17). The van der Waals surface area contributed by atoms with Gasteiger partial charge in [-0.25, -0.2) is 10.9 Å². The summed E-state index contributed by atoms with van der Waals surface area (Å²) in [5, 5.41) is 13.5. The van der Waals surface area contributed by atoms with Crippen molar-refractivity contribution in [3.63, 3.8) is 0 Å². The lowest BCUT2D eigenvalue weighted by molar-refractivity contribution is -0.384. The molecule has 3 N–H and O–H groups in total. The van der Waals surface area contributed by atoms with Crippen LogP contribution in [-0.4, -0.2) is 17.0 Å². The maximum absolute atomic E-state index is 11.3. The molecule has 0 bridgehead atoms. The van der Waals surface area contributed by atoms with Crippen molar-refractivity contribution in [2.24, 2.45) is 0 Å². The largest absolute Gasteiger partial charge is 0.339 e. The average Bonchev–Trinajstić information content (AvgIpc) is 2.87. The van der Waals surface area contributed by atoms with Crippen LogP contribution in [0.25, 0.3) is 0 Å². The summed E-state index contributed by atoms with van der Waals surface area (Å²) in [4.78, 5) is 21.6. The third kappa shape index (κ3) is 3.27. The summed E-state index contributed by atoms with van der Waals surface area (Å²) in [6.07, 6.45) is 0.920. The van der Waals surface area contributed by atoms with Gasteiger partial charge < -0.3 is 5.32 Å². The Balaban J connectivity index is 2.02. The molecule has 1 saturated heterocycles. The molecular weight excluding hydrogens is 248 g/mol. The molecule has 1 fully saturated rings. The maximum atomic E-state index is 11.3. The highest BCUT2D eigenvalue weighted by molar-refractivity contribution is 5.75. The van der Waals surface area contributed by atoms with Crippen molar-refractivity contribution in [3.05, 3.63) is 39.9 Å². The van der Waals surface area contributed by atoms with Gasteiger partial charge in [0.1, 0.15) is 0 Å². The first-order valence-electron chi connectivity index (χ1n) is 6.15. The molecule has 0 aromatic heterocycles. The highest BCUT2D eigenvalue weighted by Gasteiger charge is 2.26. The zero-order valence-electron chi connectivity index (χ0n) is 10.6. The number of nitrogens with zero attached hydrogens (tertiary/aromatic N) is 1. The summed E-state index contributed by atoms with van der Waals surface area (Å²) in [7, 11) is 0. The first-order chi connectivity index (χ1) is 9.10. The number of rotatable bonds is 4. The number of carbonyl (C=O) groups excluding carboxylic acids is 1. The second-order valence-corrected chi connectivity index (χ2v) is 4.40. The number of benzene rings is 1. The van der Waals surface area contributed by atoms with Gasteiger partial charge in [0.05, 0.1) is 11.1 Å². The summed E-state index contributed by atoms with van der Waals surface area (Å²) in [6, 6.07) is 6.44. The van der Waals surface area contributed by atoms with Crippen molar-refractivity contribution in [2.75, 3.05) is 0 Å². The smallest absolute Gasteiger partial charge is 0.269 e. The van der Waals surface area contributed by atoms with Crippen molar-refractivity contribution in [3.8, 4) is 0 Å². The molecular formula is C12H16N4O3. The number of hydrogen-bond donors (Lipinski definition) is 3. The van der Waals surface area contributed by atoms with Crippen LogP contribution in [0.4, 0.5) is 5.69 Å². The second kappa shape index (κ2) is 5.77.